The monoisotopic (exact) mass is 265 g/mol. The van der Waals surface area contributed by atoms with Gasteiger partial charge in [0.25, 0.3) is 6.43 Å². The largest absolute Gasteiger partial charge is 0.395 e. The van der Waals surface area contributed by atoms with Gasteiger partial charge in [-0.1, -0.05) is 11.6 Å². The molecule has 0 atom stereocenters. The molecule has 0 unspecified atom stereocenters. The van der Waals surface area contributed by atoms with E-state index in [-0.39, 0.29) is 30.5 Å². The highest BCUT2D eigenvalue weighted by atomic mass is 35.5. The fraction of sp³-hybridized carbons (Fsp3) is 0.500. The molecule has 96 valence electrons. The minimum absolute atomic E-state index is 0.0467. The van der Waals surface area contributed by atoms with Crippen LogP contribution >= 0.6 is 11.6 Å². The van der Waals surface area contributed by atoms with Crippen molar-refractivity contribution in [1.82, 2.24) is 4.98 Å². The Hall–Kier alpha value is -0.980. The lowest BCUT2D eigenvalue weighted by Crippen LogP contribution is -2.32. The summed E-state index contributed by atoms with van der Waals surface area (Å²) >= 11 is 6.01. The molecule has 1 heterocycles. The van der Waals surface area contributed by atoms with Crippen LogP contribution in [0.3, 0.4) is 0 Å². The van der Waals surface area contributed by atoms with E-state index in [0.717, 1.165) is 0 Å². The number of alkyl halides is 2. The Kier molecular flexibility index (Phi) is 5.54. The summed E-state index contributed by atoms with van der Waals surface area (Å²) in [7, 11) is 0. The molecule has 3 N–H and O–H groups in total. The van der Waals surface area contributed by atoms with Crippen molar-refractivity contribution in [3.8, 4) is 0 Å². The number of aromatic nitrogens is 1. The van der Waals surface area contributed by atoms with Crippen molar-refractivity contribution in [3.05, 3.63) is 22.8 Å². The molecule has 0 amide bonds. The highest BCUT2D eigenvalue weighted by Crippen LogP contribution is 2.26. The highest BCUT2D eigenvalue weighted by molar-refractivity contribution is 6.33. The second kappa shape index (κ2) is 6.68. The molecule has 0 saturated carbocycles. The summed E-state index contributed by atoms with van der Waals surface area (Å²) < 4.78 is 24.8. The Balaban J connectivity index is 3.00. The van der Waals surface area contributed by atoms with Crippen LogP contribution in [0.5, 0.6) is 0 Å². The summed E-state index contributed by atoms with van der Waals surface area (Å²) in [5.74, 6) is 0.226. The lowest BCUT2D eigenvalue weighted by atomic mass is 10.2. The van der Waals surface area contributed by atoms with E-state index in [1.807, 2.05) is 0 Å². The Labute approximate surface area is 103 Å². The third-order valence-corrected chi connectivity index (χ3v) is 2.61. The van der Waals surface area contributed by atoms with Gasteiger partial charge in [0.05, 0.1) is 18.2 Å². The standard InChI is InChI=1S/C10H14ClF2N3O/c11-9-7(5-14)1-2-15-10(9)16(3-4-17)6-8(12)13/h1-2,8,17H,3-6,14H2. The third kappa shape index (κ3) is 3.76. The first kappa shape index (κ1) is 14.1. The molecule has 0 spiro atoms. The van der Waals surface area contributed by atoms with Crippen LogP contribution in [0, 0.1) is 0 Å². The normalized spacial score (nSPS) is 10.9. The summed E-state index contributed by atoms with van der Waals surface area (Å²) in [6.45, 7) is -0.528. The van der Waals surface area contributed by atoms with Crippen molar-refractivity contribution in [2.75, 3.05) is 24.6 Å². The van der Waals surface area contributed by atoms with E-state index in [0.29, 0.717) is 5.56 Å². The lowest BCUT2D eigenvalue weighted by Gasteiger charge is -2.23. The summed E-state index contributed by atoms with van der Waals surface area (Å²) in [6.07, 6.45) is -1.07. The maximum Gasteiger partial charge on any atom is 0.255 e. The number of pyridine rings is 1. The first-order valence-corrected chi connectivity index (χ1v) is 5.45. The first-order valence-electron chi connectivity index (χ1n) is 5.07. The highest BCUT2D eigenvalue weighted by Gasteiger charge is 2.17. The van der Waals surface area contributed by atoms with Gasteiger partial charge in [-0.05, 0) is 11.6 Å². The molecule has 7 heteroatoms. The molecule has 0 fully saturated rings. The van der Waals surface area contributed by atoms with Gasteiger partial charge in [0.15, 0.2) is 0 Å². The van der Waals surface area contributed by atoms with E-state index >= 15 is 0 Å². The van der Waals surface area contributed by atoms with Crippen molar-refractivity contribution < 1.29 is 13.9 Å². The van der Waals surface area contributed by atoms with Crippen LogP contribution < -0.4 is 10.6 Å². The number of hydrogen-bond donors (Lipinski definition) is 2. The number of halogens is 3. The van der Waals surface area contributed by atoms with E-state index in [4.69, 9.17) is 22.4 Å². The van der Waals surface area contributed by atoms with E-state index in [1.54, 1.807) is 6.07 Å². The molecule has 0 bridgehead atoms. The van der Waals surface area contributed by atoms with Gasteiger partial charge in [-0.15, -0.1) is 0 Å². The number of anilines is 1. The van der Waals surface area contributed by atoms with Crippen molar-refractivity contribution in [3.63, 3.8) is 0 Å². The molecule has 1 aromatic heterocycles. The fourth-order valence-corrected chi connectivity index (χ4v) is 1.73. The molecule has 17 heavy (non-hydrogen) atoms. The average Bonchev–Trinajstić information content (AvgIpc) is 2.28. The number of rotatable bonds is 6. The van der Waals surface area contributed by atoms with Crippen molar-refractivity contribution >= 4 is 17.4 Å². The molecule has 0 aromatic carbocycles. The predicted octanol–water partition coefficient (Wildman–Crippen LogP) is 1.26. The maximum atomic E-state index is 12.4. The Morgan fingerprint density at radius 2 is 2.24 bits per heavy atom. The van der Waals surface area contributed by atoms with E-state index < -0.39 is 13.0 Å². The minimum Gasteiger partial charge on any atom is -0.395 e. The Morgan fingerprint density at radius 1 is 1.53 bits per heavy atom. The van der Waals surface area contributed by atoms with E-state index in [1.165, 1.54) is 11.1 Å². The smallest absolute Gasteiger partial charge is 0.255 e. The summed E-state index contributed by atoms with van der Waals surface area (Å²) in [5.41, 5.74) is 6.10. The van der Waals surface area contributed by atoms with E-state index in [9.17, 15) is 8.78 Å². The molecule has 0 radical (unpaired) electrons. The van der Waals surface area contributed by atoms with Crippen LogP contribution in [0.25, 0.3) is 0 Å². The number of nitrogens with zero attached hydrogens (tertiary/aromatic N) is 2. The number of aliphatic hydroxyl groups excluding tert-OH is 1. The quantitative estimate of drug-likeness (QED) is 0.813. The maximum absolute atomic E-state index is 12.4. The summed E-state index contributed by atoms with van der Waals surface area (Å²) in [6, 6.07) is 1.63. The molecule has 1 rings (SSSR count). The van der Waals surface area contributed by atoms with Crippen LogP contribution in [0.15, 0.2) is 12.3 Å². The molecule has 1 aromatic rings. The molecule has 4 nitrogen and oxygen atoms in total. The molecule has 0 saturated heterocycles. The van der Waals surface area contributed by atoms with Gasteiger partial charge in [-0.25, -0.2) is 13.8 Å². The van der Waals surface area contributed by atoms with Crippen molar-refractivity contribution in [2.24, 2.45) is 5.73 Å². The third-order valence-electron chi connectivity index (χ3n) is 2.20. The zero-order valence-electron chi connectivity index (χ0n) is 9.11. The second-order valence-electron chi connectivity index (χ2n) is 3.37. The summed E-state index contributed by atoms with van der Waals surface area (Å²) in [5, 5.41) is 9.10. The van der Waals surface area contributed by atoms with Gasteiger partial charge in [0.1, 0.15) is 5.82 Å². The van der Waals surface area contributed by atoms with Crippen molar-refractivity contribution in [1.29, 1.82) is 0 Å². The van der Waals surface area contributed by atoms with Crippen LogP contribution in [-0.4, -0.2) is 36.2 Å². The molecular formula is C10H14ClF2N3O. The SMILES string of the molecule is NCc1ccnc(N(CCO)CC(F)F)c1Cl. The number of nitrogens with two attached hydrogens (primary N) is 1. The zero-order valence-corrected chi connectivity index (χ0v) is 9.87. The van der Waals surface area contributed by atoms with Crippen LogP contribution in [0.4, 0.5) is 14.6 Å². The van der Waals surface area contributed by atoms with Gasteiger partial charge in [-0.2, -0.15) is 0 Å². The van der Waals surface area contributed by atoms with Crippen molar-refractivity contribution in [2.45, 2.75) is 13.0 Å². The van der Waals surface area contributed by atoms with Crippen LogP contribution in [-0.2, 0) is 6.54 Å². The van der Waals surface area contributed by atoms with E-state index in [2.05, 4.69) is 4.98 Å². The van der Waals surface area contributed by atoms with Gasteiger partial charge in [0, 0.05) is 19.3 Å². The van der Waals surface area contributed by atoms with Gasteiger partial charge >= 0.3 is 0 Å². The Morgan fingerprint density at radius 3 is 2.76 bits per heavy atom. The van der Waals surface area contributed by atoms with Crippen LogP contribution in [0.2, 0.25) is 5.02 Å². The van der Waals surface area contributed by atoms with Crippen LogP contribution in [0.1, 0.15) is 5.56 Å². The zero-order chi connectivity index (χ0) is 12.8. The Bertz CT molecular complexity index is 365. The topological polar surface area (TPSA) is 62.4 Å². The molecule has 0 aliphatic rings. The molecule has 0 aliphatic carbocycles. The van der Waals surface area contributed by atoms with Gasteiger partial charge in [-0.3, -0.25) is 0 Å². The number of hydrogen-bond acceptors (Lipinski definition) is 4. The first-order chi connectivity index (χ1) is 8.10. The lowest BCUT2D eigenvalue weighted by molar-refractivity contribution is 0.152. The second-order valence-corrected chi connectivity index (χ2v) is 3.75. The minimum atomic E-state index is -2.53. The molecular weight excluding hydrogens is 252 g/mol. The van der Waals surface area contributed by atoms with Gasteiger partial charge < -0.3 is 15.7 Å². The fourth-order valence-electron chi connectivity index (χ4n) is 1.42. The molecule has 0 aliphatic heterocycles. The average molecular weight is 266 g/mol. The predicted molar refractivity (Wildman–Crippen MR) is 62.4 cm³/mol. The summed E-state index contributed by atoms with van der Waals surface area (Å²) in [4.78, 5) is 5.20. The van der Waals surface area contributed by atoms with Gasteiger partial charge in [0.2, 0.25) is 0 Å². The number of aliphatic hydroxyl groups is 1.